The van der Waals surface area contributed by atoms with Crippen LogP contribution in [0.4, 0.5) is 10.3 Å². The molecule has 5 nitrogen and oxygen atoms in total. The molecule has 0 spiro atoms. The van der Waals surface area contributed by atoms with E-state index < -0.39 is 0 Å². The minimum Gasteiger partial charge on any atom is -0.328 e. The summed E-state index contributed by atoms with van der Waals surface area (Å²) in [6.45, 7) is 4.23. The van der Waals surface area contributed by atoms with Gasteiger partial charge in [0.25, 0.3) is 0 Å². The van der Waals surface area contributed by atoms with Crippen LogP contribution in [0.15, 0.2) is 58.2 Å². The maximum atomic E-state index is 14.0. The first kappa shape index (κ1) is 19.5. The summed E-state index contributed by atoms with van der Waals surface area (Å²) >= 11 is 3.00. The molecule has 0 amide bonds. The van der Waals surface area contributed by atoms with E-state index in [1.54, 1.807) is 23.5 Å². The van der Waals surface area contributed by atoms with Crippen molar-refractivity contribution in [2.45, 2.75) is 43.6 Å². The van der Waals surface area contributed by atoms with E-state index >= 15 is 0 Å². The van der Waals surface area contributed by atoms with Crippen LogP contribution in [0.3, 0.4) is 0 Å². The SMILES string of the molecule is CC1(C)CC(=O)C2=C(C1)Nc1nc(SCc3ccccc3F)nn1[C@@H]2c1cccs1. The Morgan fingerprint density at radius 1 is 1.27 bits per heavy atom. The summed E-state index contributed by atoms with van der Waals surface area (Å²) in [4.78, 5) is 18.8. The number of hydrogen-bond acceptors (Lipinski definition) is 6. The summed E-state index contributed by atoms with van der Waals surface area (Å²) < 4.78 is 15.8. The molecule has 0 unspecified atom stereocenters. The van der Waals surface area contributed by atoms with Crippen molar-refractivity contribution in [1.29, 1.82) is 0 Å². The lowest BCUT2D eigenvalue weighted by atomic mass is 9.73. The number of rotatable bonds is 4. The van der Waals surface area contributed by atoms with Gasteiger partial charge < -0.3 is 5.32 Å². The third kappa shape index (κ3) is 3.48. The number of nitrogens with one attached hydrogen (secondary N) is 1. The number of fused-ring (bicyclic) bond motifs is 1. The van der Waals surface area contributed by atoms with Crippen molar-refractivity contribution in [2.24, 2.45) is 5.41 Å². The van der Waals surface area contributed by atoms with Crippen molar-refractivity contribution in [2.75, 3.05) is 5.32 Å². The van der Waals surface area contributed by atoms with Crippen molar-refractivity contribution < 1.29 is 9.18 Å². The molecule has 0 bridgehead atoms. The van der Waals surface area contributed by atoms with Gasteiger partial charge in [-0.1, -0.05) is 49.9 Å². The summed E-state index contributed by atoms with van der Waals surface area (Å²) in [5, 5.41) is 10.6. The molecule has 0 saturated heterocycles. The normalized spacial score (nSPS) is 20.0. The molecule has 3 aromatic rings. The second-order valence-electron chi connectivity index (χ2n) is 8.42. The van der Waals surface area contributed by atoms with Crippen LogP contribution in [0.25, 0.3) is 0 Å². The first-order valence-corrected chi connectivity index (χ1v) is 11.7. The molecule has 3 heterocycles. The van der Waals surface area contributed by atoms with Gasteiger partial charge in [0.05, 0.1) is 0 Å². The molecule has 1 N–H and O–H groups in total. The first-order valence-electron chi connectivity index (χ1n) is 9.81. The summed E-state index contributed by atoms with van der Waals surface area (Å²) in [7, 11) is 0. The molecule has 154 valence electrons. The van der Waals surface area contributed by atoms with E-state index in [-0.39, 0.29) is 23.1 Å². The molecule has 1 aliphatic carbocycles. The van der Waals surface area contributed by atoms with Crippen molar-refractivity contribution in [3.8, 4) is 0 Å². The molecule has 0 radical (unpaired) electrons. The molecule has 8 heteroatoms. The average molecular weight is 441 g/mol. The van der Waals surface area contributed by atoms with E-state index in [1.165, 1.54) is 17.8 Å². The smallest absolute Gasteiger partial charge is 0.227 e. The molecule has 1 atom stereocenters. The van der Waals surface area contributed by atoms with Gasteiger partial charge >= 0.3 is 0 Å². The average Bonchev–Trinajstić information content (AvgIpc) is 3.34. The molecular weight excluding hydrogens is 419 g/mol. The molecule has 2 aliphatic rings. The fourth-order valence-corrected chi connectivity index (χ4v) is 5.75. The van der Waals surface area contributed by atoms with E-state index in [2.05, 4.69) is 24.1 Å². The minimum atomic E-state index is -0.268. The number of thiophene rings is 1. The lowest BCUT2D eigenvalue weighted by Crippen LogP contribution is -2.36. The predicted molar refractivity (Wildman–Crippen MR) is 117 cm³/mol. The lowest BCUT2D eigenvalue weighted by molar-refractivity contribution is -0.118. The Kier molecular flexibility index (Phi) is 4.78. The Labute approximate surface area is 182 Å². The largest absolute Gasteiger partial charge is 0.328 e. The molecule has 5 rings (SSSR count). The van der Waals surface area contributed by atoms with Crippen LogP contribution < -0.4 is 5.32 Å². The van der Waals surface area contributed by atoms with Gasteiger partial charge in [-0.15, -0.1) is 16.4 Å². The van der Waals surface area contributed by atoms with Gasteiger partial charge in [-0.2, -0.15) is 4.98 Å². The number of nitrogens with zero attached hydrogens (tertiary/aromatic N) is 3. The standard InChI is InChI=1S/C22H21FN4OS2/c1-22(2)10-15-18(16(28)11-22)19(17-8-5-9-29-17)27-20(24-15)25-21(26-27)30-12-13-6-3-4-7-14(13)23/h3-9,19H,10-12H2,1-2H3,(H,24,25,26)/t19-/m1/s1. The van der Waals surface area contributed by atoms with Crippen LogP contribution in [0, 0.1) is 11.2 Å². The number of anilines is 1. The van der Waals surface area contributed by atoms with E-state index in [0.29, 0.717) is 28.8 Å². The summed E-state index contributed by atoms with van der Waals surface area (Å²) in [5.74, 6) is 1.01. The van der Waals surface area contributed by atoms with Crippen LogP contribution in [-0.4, -0.2) is 20.5 Å². The predicted octanol–water partition coefficient (Wildman–Crippen LogP) is 5.43. The van der Waals surface area contributed by atoms with Crippen molar-refractivity contribution in [3.05, 3.63) is 69.3 Å². The highest BCUT2D eigenvalue weighted by molar-refractivity contribution is 7.98. The van der Waals surface area contributed by atoms with Crippen molar-refractivity contribution in [1.82, 2.24) is 14.8 Å². The Morgan fingerprint density at radius 2 is 2.10 bits per heavy atom. The topological polar surface area (TPSA) is 59.8 Å². The quantitative estimate of drug-likeness (QED) is 0.548. The zero-order valence-corrected chi connectivity index (χ0v) is 18.3. The number of allylic oxidation sites excluding steroid dienone is 2. The second-order valence-corrected chi connectivity index (χ2v) is 10.3. The van der Waals surface area contributed by atoms with Gasteiger partial charge in [0.2, 0.25) is 11.1 Å². The minimum absolute atomic E-state index is 0.0898. The fraction of sp³-hybridized carbons (Fsp3) is 0.318. The third-order valence-corrected chi connectivity index (χ3v) is 7.25. The molecule has 1 aromatic carbocycles. The van der Waals surface area contributed by atoms with Gasteiger partial charge in [0.1, 0.15) is 11.9 Å². The van der Waals surface area contributed by atoms with Gasteiger partial charge in [-0.05, 0) is 34.9 Å². The number of halogens is 1. The number of ketones is 1. The van der Waals surface area contributed by atoms with Crippen LogP contribution in [0.2, 0.25) is 0 Å². The highest BCUT2D eigenvalue weighted by atomic mass is 32.2. The van der Waals surface area contributed by atoms with E-state index in [4.69, 9.17) is 5.10 Å². The van der Waals surface area contributed by atoms with Crippen LogP contribution in [-0.2, 0) is 10.5 Å². The number of thioether (sulfide) groups is 1. The third-order valence-electron chi connectivity index (χ3n) is 5.44. The van der Waals surface area contributed by atoms with Gasteiger partial charge in [0, 0.05) is 28.3 Å². The maximum absolute atomic E-state index is 14.0. The zero-order chi connectivity index (χ0) is 20.9. The summed E-state index contributed by atoms with van der Waals surface area (Å²) in [6.07, 6.45) is 1.31. The van der Waals surface area contributed by atoms with Crippen LogP contribution in [0.5, 0.6) is 0 Å². The van der Waals surface area contributed by atoms with Gasteiger partial charge in [-0.25, -0.2) is 9.07 Å². The molecule has 30 heavy (non-hydrogen) atoms. The Bertz CT molecular complexity index is 1150. The first-order chi connectivity index (χ1) is 14.4. The zero-order valence-electron chi connectivity index (χ0n) is 16.7. The number of carbonyl (C=O) groups is 1. The lowest BCUT2D eigenvalue weighted by Gasteiger charge is -2.37. The van der Waals surface area contributed by atoms with Gasteiger partial charge in [0.15, 0.2) is 5.78 Å². The Hall–Kier alpha value is -2.45. The number of carbonyl (C=O) groups excluding carboxylic acids is 1. The van der Waals surface area contributed by atoms with E-state index in [0.717, 1.165) is 22.6 Å². The molecular formula is C22H21FN4OS2. The summed E-state index contributed by atoms with van der Waals surface area (Å²) in [6, 6.07) is 10.5. The monoisotopic (exact) mass is 440 g/mol. The second kappa shape index (κ2) is 7.35. The fourth-order valence-electron chi connectivity index (χ4n) is 4.12. The molecule has 2 aromatic heterocycles. The number of aromatic nitrogens is 3. The number of hydrogen-bond donors (Lipinski definition) is 1. The molecule has 1 aliphatic heterocycles. The van der Waals surface area contributed by atoms with Crippen LogP contribution in [0.1, 0.15) is 43.2 Å². The van der Waals surface area contributed by atoms with Crippen molar-refractivity contribution in [3.63, 3.8) is 0 Å². The molecule has 0 fully saturated rings. The number of benzene rings is 1. The van der Waals surface area contributed by atoms with Gasteiger partial charge in [-0.3, -0.25) is 4.79 Å². The van der Waals surface area contributed by atoms with E-state index in [1.807, 2.05) is 28.3 Å². The molecule has 0 saturated carbocycles. The van der Waals surface area contributed by atoms with E-state index in [9.17, 15) is 9.18 Å². The highest BCUT2D eigenvalue weighted by Gasteiger charge is 2.42. The van der Waals surface area contributed by atoms with Crippen molar-refractivity contribution >= 4 is 34.8 Å². The summed E-state index contributed by atoms with van der Waals surface area (Å²) in [5.41, 5.74) is 2.26. The number of Topliss-reactive ketones (excluding diaryl/α,β-unsaturated/α-hetero) is 1. The highest BCUT2D eigenvalue weighted by Crippen LogP contribution is 2.46. The van der Waals surface area contributed by atoms with Crippen LogP contribution >= 0.6 is 23.1 Å². The Balaban J connectivity index is 1.51. The Morgan fingerprint density at radius 3 is 2.87 bits per heavy atom. The maximum Gasteiger partial charge on any atom is 0.227 e.